The largest absolute Gasteiger partial charge is 0.616 e. The number of hydrogen-bond acceptors (Lipinski definition) is 3. The number of alkyl halides is 3. The van der Waals surface area contributed by atoms with E-state index in [-0.39, 0.29) is 0 Å². The van der Waals surface area contributed by atoms with Gasteiger partial charge in [0, 0.05) is 12.8 Å². The maximum Gasteiger partial charge on any atom is 0.616 e. The van der Waals surface area contributed by atoms with E-state index in [9.17, 15) is 34.5 Å². The van der Waals surface area contributed by atoms with Gasteiger partial charge in [0.05, 0.1) is 25.2 Å². The molecule has 24 heavy (non-hydrogen) atoms. The summed E-state index contributed by atoms with van der Waals surface area (Å²) in [6.45, 7) is 12.4. The molecule has 4 nitrogen and oxygen atoms in total. The first-order valence-electron chi connectivity index (χ1n) is 7.54. The van der Waals surface area contributed by atoms with Gasteiger partial charge < -0.3 is 17.7 Å². The predicted octanol–water partition coefficient (Wildman–Crippen LogP) is 3.65. The topological polar surface area (TPSA) is 43.4 Å². The zero-order valence-corrected chi connectivity index (χ0v) is 14.9. The van der Waals surface area contributed by atoms with Crippen LogP contribution in [0.4, 0.5) is 26.1 Å². The van der Waals surface area contributed by atoms with Gasteiger partial charge in [-0.15, -0.1) is 0 Å². The van der Waals surface area contributed by atoms with Crippen molar-refractivity contribution in [1.29, 1.82) is 0 Å². The molecule has 0 N–H and O–H groups in total. The molecule has 1 heterocycles. The molecule has 1 fully saturated rings. The fraction of sp³-hybridized carbons (Fsp3) is 1.00. The van der Waals surface area contributed by atoms with Crippen LogP contribution in [-0.4, -0.2) is 56.6 Å². The molecule has 1 aliphatic rings. The summed E-state index contributed by atoms with van der Waals surface area (Å²) < 4.78 is 92.2. The summed E-state index contributed by atoms with van der Waals surface area (Å²) in [5.74, 6) is 0. The van der Waals surface area contributed by atoms with Crippen LogP contribution < -0.4 is 0 Å². The Hall–Kier alpha value is -0.485. The highest BCUT2D eigenvalue weighted by Gasteiger charge is 2.58. The normalized spacial score (nSPS) is 18.7. The summed E-state index contributed by atoms with van der Waals surface area (Å²) in [4.78, 5) is 0. The first-order chi connectivity index (χ1) is 10.6. The van der Waals surface area contributed by atoms with E-state index >= 15 is 0 Å². The third-order valence-electron chi connectivity index (χ3n) is 3.89. The van der Waals surface area contributed by atoms with Gasteiger partial charge >= 0.3 is 11.8 Å². The maximum atomic E-state index is 11.1. The van der Waals surface area contributed by atoms with Crippen LogP contribution in [0, 0.1) is 0 Å². The number of ether oxygens (including phenoxy) is 1. The quantitative estimate of drug-likeness (QED) is 0.411. The Bertz CT molecular complexity index is 464. The molecule has 0 aliphatic carbocycles. The van der Waals surface area contributed by atoms with Gasteiger partial charge in [-0.3, -0.25) is 12.9 Å². The van der Waals surface area contributed by atoms with E-state index < -0.39 is 21.5 Å². The van der Waals surface area contributed by atoms with Gasteiger partial charge in [0.1, 0.15) is 0 Å². The second-order valence-corrected chi connectivity index (χ2v) is 8.40. The van der Waals surface area contributed by atoms with Crippen molar-refractivity contribution in [2.24, 2.45) is 0 Å². The first-order valence-corrected chi connectivity index (χ1v) is 9.08. The number of hydrogen-bond donors (Lipinski definition) is 0. The smallest absolute Gasteiger partial charge is 0.436 e. The lowest BCUT2D eigenvalue weighted by molar-refractivity contribution is -0.954. The summed E-state index contributed by atoms with van der Waals surface area (Å²) in [7, 11) is -6.95. The van der Waals surface area contributed by atoms with Crippen molar-refractivity contribution in [3.8, 4) is 0 Å². The van der Waals surface area contributed by atoms with Crippen molar-refractivity contribution in [3.05, 3.63) is 0 Å². The lowest BCUT2D eigenvalue weighted by atomic mass is 10.3. The van der Waals surface area contributed by atoms with Crippen molar-refractivity contribution in [2.75, 3.05) is 19.8 Å². The van der Waals surface area contributed by atoms with Crippen LogP contribution in [0.3, 0.4) is 0 Å². The van der Waals surface area contributed by atoms with Gasteiger partial charge in [0.25, 0.3) is 0 Å². The first kappa shape index (κ1) is 23.5. The van der Waals surface area contributed by atoms with E-state index in [2.05, 4.69) is 27.7 Å². The number of quaternary nitrogens is 1. The lowest BCUT2D eigenvalue weighted by Gasteiger charge is -2.38. The summed E-state index contributed by atoms with van der Waals surface area (Å²) in [6.07, 6.45) is -3.78. The Kier molecular flexibility index (Phi) is 8.10. The molecule has 1 rings (SSSR count). The molecule has 0 saturated carbocycles. The average Bonchev–Trinajstić information content (AvgIpc) is 2.84. The minimum atomic E-state index is -6.95. The molecule has 0 spiro atoms. The summed E-state index contributed by atoms with van der Waals surface area (Å²) in [5, 5.41) is 0. The van der Waals surface area contributed by atoms with Crippen LogP contribution in [0.5, 0.6) is 0 Å². The minimum absolute atomic E-state index is 0.370. The SMILES string of the molecule is CC(C)OC[N+]1(C(C)C)CCCC1.O=S(=O)([B-](F)(F)F)C(F)(F)F. The highest BCUT2D eigenvalue weighted by atomic mass is 32.2. The molecule has 0 amide bonds. The summed E-state index contributed by atoms with van der Waals surface area (Å²) in [5.41, 5.74) is -6.24. The Labute approximate surface area is 138 Å². The Morgan fingerprint density at radius 2 is 1.46 bits per heavy atom. The van der Waals surface area contributed by atoms with Gasteiger partial charge in [-0.05, 0) is 27.7 Å². The molecule has 0 bridgehead atoms. The number of rotatable bonds is 5. The second-order valence-electron chi connectivity index (χ2n) is 6.32. The van der Waals surface area contributed by atoms with Crippen LogP contribution >= 0.6 is 0 Å². The van der Waals surface area contributed by atoms with Crippen molar-refractivity contribution in [3.63, 3.8) is 0 Å². The van der Waals surface area contributed by atoms with Gasteiger partial charge in [-0.2, -0.15) is 13.2 Å². The molecular formula is C12H24BF6NO3S. The zero-order valence-electron chi connectivity index (χ0n) is 14.1. The Morgan fingerprint density at radius 3 is 1.67 bits per heavy atom. The third kappa shape index (κ3) is 6.10. The molecule has 0 aromatic rings. The third-order valence-corrected chi connectivity index (χ3v) is 5.24. The molecular weight excluding hydrogens is 363 g/mol. The predicted molar refractivity (Wildman–Crippen MR) is 79.5 cm³/mol. The van der Waals surface area contributed by atoms with E-state index in [0.717, 1.165) is 6.73 Å². The van der Waals surface area contributed by atoms with E-state index in [1.165, 1.54) is 30.4 Å². The fourth-order valence-electron chi connectivity index (χ4n) is 2.21. The second kappa shape index (κ2) is 8.26. The van der Waals surface area contributed by atoms with Gasteiger partial charge in [0.15, 0.2) is 6.73 Å². The maximum absolute atomic E-state index is 11.1. The van der Waals surface area contributed by atoms with E-state index in [0.29, 0.717) is 12.1 Å². The van der Waals surface area contributed by atoms with E-state index in [1.807, 2.05) is 0 Å². The lowest BCUT2D eigenvalue weighted by Crippen LogP contribution is -2.52. The van der Waals surface area contributed by atoms with Gasteiger partial charge in [0.2, 0.25) is 9.69 Å². The molecule has 0 aromatic carbocycles. The highest BCUT2D eigenvalue weighted by molar-refractivity contribution is 8.20. The highest BCUT2D eigenvalue weighted by Crippen LogP contribution is 2.33. The van der Waals surface area contributed by atoms with E-state index in [4.69, 9.17) is 4.74 Å². The zero-order chi connectivity index (χ0) is 19.4. The minimum Gasteiger partial charge on any atom is -0.436 e. The molecule has 146 valence electrons. The van der Waals surface area contributed by atoms with Gasteiger partial charge in [-0.1, -0.05) is 0 Å². The molecule has 0 radical (unpaired) electrons. The Morgan fingerprint density at radius 1 is 1.04 bits per heavy atom. The summed E-state index contributed by atoms with van der Waals surface area (Å²) >= 11 is 0. The summed E-state index contributed by atoms with van der Waals surface area (Å²) in [6, 6.07) is 0.709. The molecule has 12 heteroatoms. The molecule has 1 saturated heterocycles. The van der Waals surface area contributed by atoms with Crippen molar-refractivity contribution in [1.82, 2.24) is 0 Å². The fourth-order valence-corrected chi connectivity index (χ4v) is 2.51. The van der Waals surface area contributed by atoms with Crippen LogP contribution in [0.2, 0.25) is 0 Å². The van der Waals surface area contributed by atoms with Crippen LogP contribution in [-0.2, 0) is 14.4 Å². The number of likely N-dealkylation sites (tertiary alicyclic amines) is 1. The number of nitrogens with zero attached hydrogens (tertiary/aromatic N) is 1. The standard InChI is InChI=1S/C11H24NO.CBF6O2S/c1-10(2)12(7-5-6-8-12)9-13-11(3)4;3-1(4,5)11(9,10)2(6,7)8/h10-11H,5-9H2,1-4H3;/q+1;-1. The number of halogens is 6. The van der Waals surface area contributed by atoms with Crippen LogP contribution in [0.1, 0.15) is 40.5 Å². The van der Waals surface area contributed by atoms with E-state index in [1.54, 1.807) is 0 Å². The van der Waals surface area contributed by atoms with Crippen molar-refractivity contribution < 1.29 is 43.8 Å². The van der Waals surface area contributed by atoms with Crippen molar-refractivity contribution >= 4 is 15.9 Å². The average molecular weight is 387 g/mol. The molecule has 0 unspecified atom stereocenters. The molecule has 1 aliphatic heterocycles. The Balaban J connectivity index is 0.000000449. The van der Waals surface area contributed by atoms with Gasteiger partial charge in [-0.25, -0.2) is 0 Å². The van der Waals surface area contributed by atoms with Crippen molar-refractivity contribution in [2.45, 2.75) is 58.2 Å². The van der Waals surface area contributed by atoms with Crippen LogP contribution in [0.15, 0.2) is 0 Å². The monoisotopic (exact) mass is 387 g/mol. The van der Waals surface area contributed by atoms with Crippen LogP contribution in [0.25, 0.3) is 0 Å². The molecule has 0 aromatic heterocycles. The molecule has 0 atom stereocenters.